The van der Waals surface area contributed by atoms with Gasteiger partial charge < -0.3 is 14.8 Å². The van der Waals surface area contributed by atoms with E-state index < -0.39 is 6.10 Å². The molecule has 0 amide bonds. The molecule has 0 fully saturated rings. The Hall–Kier alpha value is -1.62. The molecule has 1 aliphatic rings. The molecule has 2 aromatic rings. The number of fused-ring (bicyclic) bond motifs is 3. The summed E-state index contributed by atoms with van der Waals surface area (Å²) in [5.74, 6) is 0. The molecule has 0 radical (unpaired) electrons. The van der Waals surface area contributed by atoms with Gasteiger partial charge in [-0.25, -0.2) is 0 Å². The minimum absolute atomic E-state index is 0.363. The molecule has 2 N–H and O–H groups in total. The second-order valence-corrected chi connectivity index (χ2v) is 5.59. The van der Waals surface area contributed by atoms with Crippen LogP contribution in [0.2, 0.25) is 0 Å². The Balaban J connectivity index is 1.63. The number of para-hydroxylation sites is 1. The van der Waals surface area contributed by atoms with Gasteiger partial charge in [-0.3, -0.25) is 4.90 Å². The van der Waals surface area contributed by atoms with Crippen LogP contribution in [-0.4, -0.2) is 47.4 Å². The molecule has 21 heavy (non-hydrogen) atoms. The van der Waals surface area contributed by atoms with Gasteiger partial charge in [-0.1, -0.05) is 24.3 Å². The fourth-order valence-electron chi connectivity index (χ4n) is 3.04. The number of β-amino-alcohol motifs (C(OH)–C–C–N with tert-alkyl or cyclic N) is 1. The highest BCUT2D eigenvalue weighted by molar-refractivity contribution is 5.84. The summed E-state index contributed by atoms with van der Waals surface area (Å²) in [6, 6.07) is 8.44. The smallest absolute Gasteiger partial charge is 0.0900 e. The minimum atomic E-state index is -0.448. The van der Waals surface area contributed by atoms with Crippen LogP contribution in [0.25, 0.3) is 10.9 Å². The van der Waals surface area contributed by atoms with Gasteiger partial charge in [-0.15, -0.1) is 6.58 Å². The van der Waals surface area contributed by atoms with E-state index in [1.54, 1.807) is 6.08 Å². The zero-order valence-electron chi connectivity index (χ0n) is 12.2. The van der Waals surface area contributed by atoms with Gasteiger partial charge in [0.15, 0.2) is 0 Å². The SMILES string of the molecule is C=CCOCC(O)CN1CCc2c([nH]c3ccccc23)C1. The van der Waals surface area contributed by atoms with E-state index in [0.717, 1.165) is 19.5 Å². The summed E-state index contributed by atoms with van der Waals surface area (Å²) in [7, 11) is 0. The number of aromatic amines is 1. The molecule has 1 unspecified atom stereocenters. The molecule has 4 heteroatoms. The van der Waals surface area contributed by atoms with Gasteiger partial charge in [-0.05, 0) is 18.1 Å². The van der Waals surface area contributed by atoms with Crippen molar-refractivity contribution in [2.75, 3.05) is 26.3 Å². The van der Waals surface area contributed by atoms with Gasteiger partial charge in [0.1, 0.15) is 0 Å². The summed E-state index contributed by atoms with van der Waals surface area (Å²) in [6.07, 6.45) is 2.28. The summed E-state index contributed by atoms with van der Waals surface area (Å²) < 4.78 is 5.30. The second kappa shape index (κ2) is 6.43. The number of aromatic nitrogens is 1. The molecule has 0 aliphatic carbocycles. The van der Waals surface area contributed by atoms with Crippen LogP contribution in [0.4, 0.5) is 0 Å². The third-order valence-electron chi connectivity index (χ3n) is 3.98. The zero-order valence-corrected chi connectivity index (χ0v) is 12.2. The second-order valence-electron chi connectivity index (χ2n) is 5.59. The maximum absolute atomic E-state index is 10.0. The molecular formula is C17H22N2O2. The quantitative estimate of drug-likeness (QED) is 0.631. The molecule has 1 aromatic heterocycles. The molecule has 112 valence electrons. The lowest BCUT2D eigenvalue weighted by molar-refractivity contribution is 0.0234. The van der Waals surface area contributed by atoms with Crippen molar-refractivity contribution < 1.29 is 9.84 Å². The molecule has 0 saturated heterocycles. The van der Waals surface area contributed by atoms with Gasteiger partial charge in [0.05, 0.1) is 19.3 Å². The normalized spacial score (nSPS) is 16.8. The van der Waals surface area contributed by atoms with Gasteiger partial charge in [0.25, 0.3) is 0 Å². The summed E-state index contributed by atoms with van der Waals surface area (Å²) in [5.41, 5.74) is 3.92. The fraction of sp³-hybridized carbons (Fsp3) is 0.412. The Morgan fingerprint density at radius 2 is 2.29 bits per heavy atom. The van der Waals surface area contributed by atoms with Crippen molar-refractivity contribution in [3.8, 4) is 0 Å². The van der Waals surface area contributed by atoms with Crippen LogP contribution in [-0.2, 0) is 17.7 Å². The predicted molar refractivity (Wildman–Crippen MR) is 84.3 cm³/mol. The van der Waals surface area contributed by atoms with E-state index in [1.807, 2.05) is 0 Å². The van der Waals surface area contributed by atoms with Crippen LogP contribution in [0.3, 0.4) is 0 Å². The number of H-pyrrole nitrogens is 1. The molecule has 0 saturated carbocycles. The largest absolute Gasteiger partial charge is 0.389 e. The highest BCUT2D eigenvalue weighted by Crippen LogP contribution is 2.27. The summed E-state index contributed by atoms with van der Waals surface area (Å²) in [6.45, 7) is 6.94. The average molecular weight is 286 g/mol. The van der Waals surface area contributed by atoms with Crippen LogP contribution in [0, 0.1) is 0 Å². The van der Waals surface area contributed by atoms with Gasteiger partial charge >= 0.3 is 0 Å². The summed E-state index contributed by atoms with van der Waals surface area (Å²) in [4.78, 5) is 5.78. The van der Waals surface area contributed by atoms with Crippen molar-refractivity contribution in [3.63, 3.8) is 0 Å². The number of hydrogen-bond acceptors (Lipinski definition) is 3. The van der Waals surface area contributed by atoms with Gasteiger partial charge in [0.2, 0.25) is 0 Å². The Morgan fingerprint density at radius 3 is 3.14 bits per heavy atom. The lowest BCUT2D eigenvalue weighted by atomic mass is 10.0. The number of aliphatic hydroxyl groups is 1. The first-order valence-electron chi connectivity index (χ1n) is 7.45. The van der Waals surface area contributed by atoms with Gasteiger partial charge in [0, 0.05) is 36.2 Å². The molecule has 0 spiro atoms. The van der Waals surface area contributed by atoms with E-state index in [9.17, 15) is 5.11 Å². The number of hydrogen-bond donors (Lipinski definition) is 2. The minimum Gasteiger partial charge on any atom is -0.389 e. The molecule has 2 heterocycles. The first-order chi connectivity index (χ1) is 10.3. The van der Waals surface area contributed by atoms with E-state index in [4.69, 9.17) is 4.74 Å². The Bertz CT molecular complexity index is 620. The van der Waals surface area contributed by atoms with Crippen molar-refractivity contribution >= 4 is 10.9 Å². The molecule has 1 aliphatic heterocycles. The van der Waals surface area contributed by atoms with Gasteiger partial charge in [-0.2, -0.15) is 0 Å². The maximum atomic E-state index is 10.0. The molecule has 3 rings (SSSR count). The Labute approximate surface area is 125 Å². The van der Waals surface area contributed by atoms with Crippen LogP contribution in [0.5, 0.6) is 0 Å². The van der Waals surface area contributed by atoms with Crippen molar-refractivity contribution in [1.29, 1.82) is 0 Å². The Kier molecular flexibility index (Phi) is 4.39. The van der Waals surface area contributed by atoms with Crippen molar-refractivity contribution in [3.05, 3.63) is 48.2 Å². The topological polar surface area (TPSA) is 48.5 Å². The first kappa shape index (κ1) is 14.3. The van der Waals surface area contributed by atoms with E-state index in [2.05, 4.69) is 40.7 Å². The third-order valence-corrected chi connectivity index (χ3v) is 3.98. The van der Waals surface area contributed by atoms with E-state index >= 15 is 0 Å². The van der Waals surface area contributed by atoms with E-state index in [1.165, 1.54) is 22.2 Å². The fourth-order valence-corrected chi connectivity index (χ4v) is 3.04. The zero-order chi connectivity index (χ0) is 14.7. The molecule has 1 atom stereocenters. The lowest BCUT2D eigenvalue weighted by Gasteiger charge is -2.28. The monoisotopic (exact) mass is 286 g/mol. The van der Waals surface area contributed by atoms with Crippen molar-refractivity contribution in [2.24, 2.45) is 0 Å². The molecular weight excluding hydrogens is 264 g/mol. The third kappa shape index (κ3) is 3.18. The summed E-state index contributed by atoms with van der Waals surface area (Å²) >= 11 is 0. The summed E-state index contributed by atoms with van der Waals surface area (Å²) in [5, 5.41) is 11.3. The van der Waals surface area contributed by atoms with Crippen LogP contribution < -0.4 is 0 Å². The number of benzene rings is 1. The first-order valence-corrected chi connectivity index (χ1v) is 7.45. The van der Waals surface area contributed by atoms with Crippen molar-refractivity contribution in [2.45, 2.75) is 19.1 Å². The van der Waals surface area contributed by atoms with Crippen LogP contribution in [0.15, 0.2) is 36.9 Å². The molecule has 4 nitrogen and oxygen atoms in total. The maximum Gasteiger partial charge on any atom is 0.0900 e. The van der Waals surface area contributed by atoms with Crippen molar-refractivity contribution in [1.82, 2.24) is 9.88 Å². The average Bonchev–Trinajstić information content (AvgIpc) is 2.85. The number of nitrogens with zero attached hydrogens (tertiary/aromatic N) is 1. The number of nitrogens with one attached hydrogen (secondary N) is 1. The highest BCUT2D eigenvalue weighted by atomic mass is 16.5. The standard InChI is InChI=1S/C17H22N2O2/c1-2-9-21-12-13(20)10-19-8-7-15-14-5-3-4-6-16(14)18-17(15)11-19/h2-6,13,18,20H,1,7-12H2. The Morgan fingerprint density at radius 1 is 1.43 bits per heavy atom. The molecule has 0 bridgehead atoms. The number of rotatable bonds is 6. The highest BCUT2D eigenvalue weighted by Gasteiger charge is 2.21. The number of aliphatic hydroxyl groups excluding tert-OH is 1. The van der Waals surface area contributed by atoms with E-state index in [0.29, 0.717) is 19.8 Å². The lowest BCUT2D eigenvalue weighted by Crippen LogP contribution is -2.38. The number of ether oxygens (including phenoxy) is 1. The van der Waals surface area contributed by atoms with E-state index in [-0.39, 0.29) is 0 Å². The van der Waals surface area contributed by atoms with Crippen LogP contribution >= 0.6 is 0 Å². The predicted octanol–water partition coefficient (Wildman–Crippen LogP) is 2.09. The molecule has 1 aromatic carbocycles. The van der Waals surface area contributed by atoms with Crippen LogP contribution in [0.1, 0.15) is 11.3 Å².